The van der Waals surface area contributed by atoms with E-state index in [0.717, 1.165) is 0 Å². The van der Waals surface area contributed by atoms with Crippen molar-refractivity contribution in [1.29, 1.82) is 0 Å². The summed E-state index contributed by atoms with van der Waals surface area (Å²) < 4.78 is 5.98. The molecule has 0 spiro atoms. The van der Waals surface area contributed by atoms with E-state index in [9.17, 15) is 0 Å². The maximum absolute atomic E-state index is 5.98. The van der Waals surface area contributed by atoms with E-state index in [-0.39, 0.29) is 5.60 Å². The molecule has 1 rings (SSSR count). The zero-order valence-corrected chi connectivity index (χ0v) is 11.0. The smallest absolute Gasteiger partial charge is 0.0602 e. The molecule has 0 N–H and O–H groups in total. The van der Waals surface area contributed by atoms with Crippen LogP contribution in [-0.2, 0) is 4.74 Å². The molecule has 0 saturated carbocycles. The van der Waals surface area contributed by atoms with Crippen molar-refractivity contribution in [1.82, 2.24) is 4.90 Å². The maximum atomic E-state index is 5.98. The Morgan fingerprint density at radius 3 is 2.13 bits per heavy atom. The van der Waals surface area contributed by atoms with Crippen molar-refractivity contribution in [2.75, 3.05) is 19.6 Å². The first-order valence-electron chi connectivity index (χ1n) is 6.28. The second-order valence-corrected chi connectivity index (χ2v) is 5.92. The summed E-state index contributed by atoms with van der Waals surface area (Å²) in [5.74, 6) is 0.627. The number of likely N-dealkylation sites (tertiary alicyclic amines) is 1. The molecule has 90 valence electrons. The maximum Gasteiger partial charge on any atom is 0.0602 e. The SMILES string of the molecule is CC(CN1CCCC1)C(C)OC(C)(C)C. The van der Waals surface area contributed by atoms with Gasteiger partial charge < -0.3 is 9.64 Å². The molecule has 2 atom stereocenters. The molecule has 0 radical (unpaired) electrons. The van der Waals surface area contributed by atoms with E-state index < -0.39 is 0 Å². The van der Waals surface area contributed by atoms with Gasteiger partial charge in [-0.25, -0.2) is 0 Å². The summed E-state index contributed by atoms with van der Waals surface area (Å²) in [7, 11) is 0. The van der Waals surface area contributed by atoms with Crippen LogP contribution in [0.4, 0.5) is 0 Å². The Morgan fingerprint density at radius 1 is 1.13 bits per heavy atom. The second-order valence-electron chi connectivity index (χ2n) is 5.92. The molecule has 2 unspecified atom stereocenters. The summed E-state index contributed by atoms with van der Waals surface area (Å²) in [6, 6.07) is 0. The molecule has 1 saturated heterocycles. The van der Waals surface area contributed by atoms with Crippen molar-refractivity contribution < 1.29 is 4.74 Å². The molecule has 15 heavy (non-hydrogen) atoms. The predicted octanol–water partition coefficient (Wildman–Crippen LogP) is 2.92. The van der Waals surface area contributed by atoms with Crippen LogP contribution in [0.2, 0.25) is 0 Å². The molecule has 0 aliphatic carbocycles. The highest BCUT2D eigenvalue weighted by Crippen LogP contribution is 2.19. The van der Waals surface area contributed by atoms with Crippen molar-refractivity contribution in [3.05, 3.63) is 0 Å². The van der Waals surface area contributed by atoms with E-state index in [1.807, 2.05) is 0 Å². The van der Waals surface area contributed by atoms with E-state index in [4.69, 9.17) is 4.74 Å². The van der Waals surface area contributed by atoms with E-state index in [1.54, 1.807) is 0 Å². The van der Waals surface area contributed by atoms with E-state index >= 15 is 0 Å². The van der Waals surface area contributed by atoms with Gasteiger partial charge in [0.25, 0.3) is 0 Å². The molecule has 0 aromatic rings. The average molecular weight is 213 g/mol. The van der Waals surface area contributed by atoms with Crippen molar-refractivity contribution in [3.63, 3.8) is 0 Å². The third-order valence-corrected chi connectivity index (χ3v) is 3.09. The molecule has 2 heteroatoms. The van der Waals surface area contributed by atoms with Crippen molar-refractivity contribution >= 4 is 0 Å². The van der Waals surface area contributed by atoms with Crippen molar-refractivity contribution in [3.8, 4) is 0 Å². The topological polar surface area (TPSA) is 12.5 Å². The lowest BCUT2D eigenvalue weighted by atomic mass is 10.0. The lowest BCUT2D eigenvalue weighted by Gasteiger charge is -2.31. The lowest BCUT2D eigenvalue weighted by Crippen LogP contribution is -2.35. The van der Waals surface area contributed by atoms with Gasteiger partial charge in [-0.05, 0) is 59.5 Å². The lowest BCUT2D eigenvalue weighted by molar-refractivity contribution is -0.0765. The molecule has 1 heterocycles. The van der Waals surface area contributed by atoms with Crippen LogP contribution in [0.1, 0.15) is 47.5 Å². The van der Waals surface area contributed by atoms with Crippen LogP contribution in [0.25, 0.3) is 0 Å². The Hall–Kier alpha value is -0.0800. The Balaban J connectivity index is 2.28. The highest BCUT2D eigenvalue weighted by atomic mass is 16.5. The van der Waals surface area contributed by atoms with Gasteiger partial charge in [0, 0.05) is 6.54 Å². The average Bonchev–Trinajstić information content (AvgIpc) is 2.53. The molecule has 1 aliphatic rings. The molecule has 0 aromatic carbocycles. The Bertz CT molecular complexity index is 179. The normalized spacial score (nSPS) is 23.0. The third kappa shape index (κ3) is 4.98. The van der Waals surface area contributed by atoms with E-state index in [2.05, 4.69) is 39.5 Å². The summed E-state index contributed by atoms with van der Waals surface area (Å²) in [5.41, 5.74) is -0.0152. The fourth-order valence-corrected chi connectivity index (χ4v) is 2.19. The van der Waals surface area contributed by atoms with Gasteiger partial charge in [0.05, 0.1) is 11.7 Å². The van der Waals surface area contributed by atoms with Crippen LogP contribution in [-0.4, -0.2) is 36.2 Å². The third-order valence-electron chi connectivity index (χ3n) is 3.09. The number of ether oxygens (including phenoxy) is 1. The number of hydrogen-bond acceptors (Lipinski definition) is 2. The second kappa shape index (κ2) is 5.31. The molecule has 0 aromatic heterocycles. The zero-order valence-electron chi connectivity index (χ0n) is 11.0. The Kier molecular flexibility index (Phi) is 4.60. The Labute approximate surface area is 95.0 Å². The quantitative estimate of drug-likeness (QED) is 0.712. The standard InChI is InChI=1S/C13H27NO/c1-11(10-14-8-6-7-9-14)12(2)15-13(3,4)5/h11-12H,6-10H2,1-5H3. The summed E-state index contributed by atoms with van der Waals surface area (Å²) in [4.78, 5) is 2.56. The van der Waals surface area contributed by atoms with E-state index in [1.165, 1.54) is 32.5 Å². The van der Waals surface area contributed by atoms with Gasteiger partial charge in [0.2, 0.25) is 0 Å². The molecule has 1 aliphatic heterocycles. The molecule has 2 nitrogen and oxygen atoms in total. The van der Waals surface area contributed by atoms with Crippen LogP contribution in [0, 0.1) is 5.92 Å². The molecule has 0 amide bonds. The minimum atomic E-state index is -0.0152. The largest absolute Gasteiger partial charge is 0.373 e. The van der Waals surface area contributed by atoms with Gasteiger partial charge in [-0.1, -0.05) is 6.92 Å². The predicted molar refractivity (Wildman–Crippen MR) is 65.1 cm³/mol. The van der Waals surface area contributed by atoms with Gasteiger partial charge in [-0.15, -0.1) is 0 Å². The highest BCUT2D eigenvalue weighted by Gasteiger charge is 2.22. The molecular weight excluding hydrogens is 186 g/mol. The summed E-state index contributed by atoms with van der Waals surface area (Å²) in [5, 5.41) is 0. The van der Waals surface area contributed by atoms with Crippen molar-refractivity contribution in [2.24, 2.45) is 5.92 Å². The van der Waals surface area contributed by atoms with E-state index in [0.29, 0.717) is 12.0 Å². The van der Waals surface area contributed by atoms with Crippen LogP contribution in [0.15, 0.2) is 0 Å². The van der Waals surface area contributed by atoms with Gasteiger partial charge in [0.1, 0.15) is 0 Å². The first-order valence-corrected chi connectivity index (χ1v) is 6.28. The molecular formula is C13H27NO. The molecule has 0 bridgehead atoms. The fraction of sp³-hybridized carbons (Fsp3) is 1.00. The Morgan fingerprint density at radius 2 is 1.67 bits per heavy atom. The molecule has 1 fully saturated rings. The minimum absolute atomic E-state index is 0.0152. The first kappa shape index (κ1) is 13.0. The van der Waals surface area contributed by atoms with Crippen LogP contribution in [0.3, 0.4) is 0 Å². The number of hydrogen-bond donors (Lipinski definition) is 0. The highest BCUT2D eigenvalue weighted by molar-refractivity contribution is 4.74. The first-order chi connectivity index (χ1) is 6.88. The number of rotatable bonds is 4. The zero-order chi connectivity index (χ0) is 11.5. The summed E-state index contributed by atoms with van der Waals surface area (Å²) in [6.07, 6.45) is 3.10. The van der Waals surface area contributed by atoms with Gasteiger partial charge >= 0.3 is 0 Å². The van der Waals surface area contributed by atoms with Gasteiger partial charge in [-0.3, -0.25) is 0 Å². The fourth-order valence-electron chi connectivity index (χ4n) is 2.19. The van der Waals surface area contributed by atoms with Crippen molar-refractivity contribution in [2.45, 2.75) is 59.2 Å². The van der Waals surface area contributed by atoms with Crippen LogP contribution >= 0.6 is 0 Å². The van der Waals surface area contributed by atoms with Gasteiger partial charge in [0.15, 0.2) is 0 Å². The monoisotopic (exact) mass is 213 g/mol. The minimum Gasteiger partial charge on any atom is -0.373 e. The summed E-state index contributed by atoms with van der Waals surface area (Å²) >= 11 is 0. The number of nitrogens with zero attached hydrogens (tertiary/aromatic N) is 1. The summed E-state index contributed by atoms with van der Waals surface area (Å²) in [6.45, 7) is 14.7. The van der Waals surface area contributed by atoms with Crippen LogP contribution < -0.4 is 0 Å². The van der Waals surface area contributed by atoms with Gasteiger partial charge in [-0.2, -0.15) is 0 Å². The van der Waals surface area contributed by atoms with Crippen LogP contribution in [0.5, 0.6) is 0 Å².